The smallest absolute Gasteiger partial charge is 0.239 e. The Morgan fingerprint density at radius 3 is 2.89 bits per heavy atom. The Morgan fingerprint density at radius 2 is 2.17 bits per heavy atom. The Kier molecular flexibility index (Phi) is 5.93. The van der Waals surface area contributed by atoms with Gasteiger partial charge in [-0.2, -0.15) is 0 Å². The van der Waals surface area contributed by atoms with Crippen molar-refractivity contribution < 1.29 is 4.79 Å². The molecule has 0 spiro atoms. The number of rotatable bonds is 2. The summed E-state index contributed by atoms with van der Waals surface area (Å²) in [5.74, 6) is 0.0578. The van der Waals surface area contributed by atoms with Crippen LogP contribution < -0.4 is 5.73 Å². The first-order valence-electron chi connectivity index (χ1n) is 5.95. The van der Waals surface area contributed by atoms with E-state index < -0.39 is 0 Å². The molecule has 1 aliphatic rings. The highest BCUT2D eigenvalue weighted by Crippen LogP contribution is 2.16. The molecule has 0 aliphatic carbocycles. The molecule has 0 saturated carbocycles. The minimum absolute atomic E-state index is 0. The van der Waals surface area contributed by atoms with Gasteiger partial charge in [0.15, 0.2) is 0 Å². The number of nitrogens with two attached hydrogens (primary N) is 1. The fourth-order valence-corrected chi connectivity index (χ4v) is 2.36. The van der Waals surface area contributed by atoms with Gasteiger partial charge in [-0.25, -0.2) is 0 Å². The number of carbonyl (C=O) groups excluding carboxylic acids is 1. The second kappa shape index (κ2) is 6.98. The third-order valence-electron chi connectivity index (χ3n) is 3.08. The zero-order valence-electron chi connectivity index (χ0n) is 10.1. The number of amides is 1. The van der Waals surface area contributed by atoms with Crippen LogP contribution >= 0.6 is 24.0 Å². The summed E-state index contributed by atoms with van der Waals surface area (Å²) < 4.78 is 0. The second-order valence-corrected chi connectivity index (χ2v) is 4.93. The normalized spacial score (nSPS) is 20.2. The summed E-state index contributed by atoms with van der Waals surface area (Å²) in [6, 6.07) is 7.28. The molecule has 2 rings (SSSR count). The number of carbonyl (C=O) groups is 1. The molecule has 1 amide bonds. The van der Waals surface area contributed by atoms with Gasteiger partial charge in [0.2, 0.25) is 5.91 Å². The van der Waals surface area contributed by atoms with E-state index in [4.69, 9.17) is 17.3 Å². The van der Waals surface area contributed by atoms with Gasteiger partial charge in [-0.3, -0.25) is 4.79 Å². The maximum absolute atomic E-state index is 12.0. The number of nitrogens with zero attached hydrogens (tertiary/aromatic N) is 1. The molecule has 0 aromatic heterocycles. The van der Waals surface area contributed by atoms with Crippen molar-refractivity contribution in [1.29, 1.82) is 0 Å². The van der Waals surface area contributed by atoms with Crippen molar-refractivity contribution >= 4 is 29.9 Å². The van der Waals surface area contributed by atoms with Gasteiger partial charge in [0.25, 0.3) is 0 Å². The first kappa shape index (κ1) is 15.3. The lowest BCUT2D eigenvalue weighted by molar-refractivity contribution is -0.132. The Morgan fingerprint density at radius 1 is 1.39 bits per heavy atom. The molecule has 0 bridgehead atoms. The summed E-state index contributed by atoms with van der Waals surface area (Å²) in [6.45, 7) is 1.39. The first-order valence-corrected chi connectivity index (χ1v) is 6.33. The fraction of sp³-hybridized carbons (Fsp3) is 0.462. The van der Waals surface area contributed by atoms with Crippen LogP contribution in [0.3, 0.4) is 0 Å². The molecule has 0 unspecified atom stereocenters. The van der Waals surface area contributed by atoms with Crippen LogP contribution in [-0.2, 0) is 11.3 Å². The maximum atomic E-state index is 12.0. The third kappa shape index (κ3) is 3.87. The van der Waals surface area contributed by atoms with E-state index in [0.717, 1.165) is 31.4 Å². The molecule has 2 N–H and O–H groups in total. The molecule has 1 aromatic rings. The van der Waals surface area contributed by atoms with Crippen molar-refractivity contribution in [3.05, 3.63) is 34.9 Å². The molecule has 1 fully saturated rings. The lowest BCUT2D eigenvalue weighted by atomic mass is 10.1. The van der Waals surface area contributed by atoms with Crippen LogP contribution in [0.25, 0.3) is 0 Å². The number of benzene rings is 1. The predicted octanol–water partition coefficient (Wildman–Crippen LogP) is 2.60. The summed E-state index contributed by atoms with van der Waals surface area (Å²) in [5.41, 5.74) is 6.89. The third-order valence-corrected chi connectivity index (χ3v) is 3.32. The SMILES string of the molecule is Cl.N[C@H]1CCCCN(Cc2cccc(Cl)c2)C1=O. The molecule has 100 valence electrons. The van der Waals surface area contributed by atoms with E-state index in [1.54, 1.807) is 0 Å². The molecule has 1 atom stereocenters. The molecule has 5 heteroatoms. The molecule has 18 heavy (non-hydrogen) atoms. The minimum Gasteiger partial charge on any atom is -0.337 e. The van der Waals surface area contributed by atoms with Gasteiger partial charge in [0.05, 0.1) is 6.04 Å². The van der Waals surface area contributed by atoms with Crippen molar-refractivity contribution in [2.45, 2.75) is 31.8 Å². The molecule has 1 aromatic carbocycles. The van der Waals surface area contributed by atoms with Crippen LogP contribution in [0.15, 0.2) is 24.3 Å². The fourth-order valence-electron chi connectivity index (χ4n) is 2.15. The number of likely N-dealkylation sites (tertiary alicyclic amines) is 1. The van der Waals surface area contributed by atoms with Crippen molar-refractivity contribution in [2.24, 2.45) is 5.73 Å². The van der Waals surface area contributed by atoms with Gasteiger partial charge in [0.1, 0.15) is 0 Å². The first-order chi connectivity index (χ1) is 8.16. The van der Waals surface area contributed by atoms with Gasteiger partial charge >= 0.3 is 0 Å². The summed E-state index contributed by atoms with van der Waals surface area (Å²) in [4.78, 5) is 13.8. The zero-order chi connectivity index (χ0) is 12.3. The summed E-state index contributed by atoms with van der Waals surface area (Å²) >= 11 is 5.93. The van der Waals surface area contributed by atoms with Crippen LogP contribution in [0.4, 0.5) is 0 Å². The lowest BCUT2D eigenvalue weighted by Gasteiger charge is -2.22. The Bertz CT molecular complexity index is 412. The van der Waals surface area contributed by atoms with E-state index in [0.29, 0.717) is 11.6 Å². The van der Waals surface area contributed by atoms with Crippen molar-refractivity contribution in [2.75, 3.05) is 6.54 Å². The topological polar surface area (TPSA) is 46.3 Å². The van der Waals surface area contributed by atoms with E-state index >= 15 is 0 Å². The van der Waals surface area contributed by atoms with E-state index in [2.05, 4.69) is 0 Å². The van der Waals surface area contributed by atoms with Crippen molar-refractivity contribution in [3.8, 4) is 0 Å². The van der Waals surface area contributed by atoms with Crippen LogP contribution in [0.2, 0.25) is 5.02 Å². The van der Waals surface area contributed by atoms with Crippen molar-refractivity contribution in [1.82, 2.24) is 4.90 Å². The molecule has 0 radical (unpaired) electrons. The molecular weight excluding hydrogens is 271 g/mol. The van der Waals surface area contributed by atoms with Gasteiger partial charge in [-0.05, 0) is 37.0 Å². The van der Waals surface area contributed by atoms with E-state index in [1.165, 1.54) is 0 Å². The van der Waals surface area contributed by atoms with Crippen molar-refractivity contribution in [3.63, 3.8) is 0 Å². The lowest BCUT2D eigenvalue weighted by Crippen LogP contribution is -2.41. The standard InChI is InChI=1S/C13H17ClN2O.ClH/c14-11-5-3-4-10(8-11)9-16-7-2-1-6-12(15)13(16)17;/h3-5,8,12H,1-2,6-7,9,15H2;1H/t12-;/m0./s1. The van der Waals surface area contributed by atoms with Gasteiger partial charge in [-0.1, -0.05) is 23.7 Å². The largest absolute Gasteiger partial charge is 0.337 e. The molecule has 1 aliphatic heterocycles. The number of halogens is 2. The summed E-state index contributed by atoms with van der Waals surface area (Å²) in [5, 5.41) is 0.703. The molecular formula is C13H18Cl2N2O. The van der Waals surface area contributed by atoms with Crippen LogP contribution in [0, 0.1) is 0 Å². The molecule has 1 saturated heterocycles. The average Bonchev–Trinajstić information content (AvgIpc) is 2.45. The second-order valence-electron chi connectivity index (χ2n) is 4.49. The summed E-state index contributed by atoms with van der Waals surface area (Å²) in [6.07, 6.45) is 2.85. The van der Waals surface area contributed by atoms with Crippen LogP contribution in [0.5, 0.6) is 0 Å². The average molecular weight is 289 g/mol. The minimum atomic E-state index is -0.336. The highest BCUT2D eigenvalue weighted by Gasteiger charge is 2.23. The zero-order valence-corrected chi connectivity index (χ0v) is 11.7. The molecule has 1 heterocycles. The number of hydrogen-bond acceptors (Lipinski definition) is 2. The predicted molar refractivity (Wildman–Crippen MR) is 75.9 cm³/mol. The van der Waals surface area contributed by atoms with Crippen LogP contribution in [-0.4, -0.2) is 23.4 Å². The van der Waals surface area contributed by atoms with Gasteiger partial charge < -0.3 is 10.6 Å². The highest BCUT2D eigenvalue weighted by molar-refractivity contribution is 6.30. The Hall–Kier alpha value is -0.770. The van der Waals surface area contributed by atoms with Crippen LogP contribution in [0.1, 0.15) is 24.8 Å². The monoisotopic (exact) mass is 288 g/mol. The van der Waals surface area contributed by atoms with Gasteiger partial charge in [0, 0.05) is 18.1 Å². The Balaban J connectivity index is 0.00000162. The van der Waals surface area contributed by atoms with E-state index in [-0.39, 0.29) is 24.4 Å². The van der Waals surface area contributed by atoms with E-state index in [9.17, 15) is 4.79 Å². The maximum Gasteiger partial charge on any atom is 0.239 e. The Labute approximate surface area is 119 Å². The molecule has 3 nitrogen and oxygen atoms in total. The van der Waals surface area contributed by atoms with E-state index in [1.807, 2.05) is 29.2 Å². The van der Waals surface area contributed by atoms with Gasteiger partial charge in [-0.15, -0.1) is 12.4 Å². The quantitative estimate of drug-likeness (QED) is 0.909. The summed E-state index contributed by atoms with van der Waals surface area (Å²) in [7, 11) is 0. The number of hydrogen-bond donors (Lipinski definition) is 1. The highest BCUT2D eigenvalue weighted by atomic mass is 35.5.